The zero-order chi connectivity index (χ0) is 27.6. The maximum atomic E-state index is 13.4. The largest absolute Gasteiger partial charge is 0.507 e. The number of unbranched alkanes of at least 4 members (excludes halogenated alkanes) is 2. The van der Waals surface area contributed by atoms with Gasteiger partial charge in [0.05, 0.1) is 38.0 Å². The third-order valence-electron chi connectivity index (χ3n) is 7.15. The molecule has 2 fully saturated rings. The average molecular weight is 537 g/mol. The Morgan fingerprint density at radius 1 is 0.949 bits per heavy atom. The Morgan fingerprint density at radius 2 is 1.72 bits per heavy atom. The molecule has 1 amide bonds. The van der Waals surface area contributed by atoms with Gasteiger partial charge in [0.25, 0.3) is 11.7 Å². The van der Waals surface area contributed by atoms with Crippen LogP contribution in [0.5, 0.6) is 11.5 Å². The van der Waals surface area contributed by atoms with Gasteiger partial charge in [-0.1, -0.05) is 31.9 Å². The SMILES string of the molecule is CCCCCOc1cccc(C2/C(=C(\O)c3ccc(OCC)cc3)C(=O)C(=O)N2CCCN2CCOCC2)c1. The van der Waals surface area contributed by atoms with Crippen LogP contribution in [0.4, 0.5) is 0 Å². The molecule has 2 aliphatic rings. The predicted molar refractivity (Wildman–Crippen MR) is 150 cm³/mol. The molecule has 2 heterocycles. The van der Waals surface area contributed by atoms with E-state index in [1.165, 1.54) is 0 Å². The highest BCUT2D eigenvalue weighted by Gasteiger charge is 2.46. The number of nitrogens with zero attached hydrogens (tertiary/aromatic N) is 2. The summed E-state index contributed by atoms with van der Waals surface area (Å²) in [6.07, 6.45) is 3.86. The second-order valence-electron chi connectivity index (χ2n) is 9.89. The zero-order valence-corrected chi connectivity index (χ0v) is 23.1. The van der Waals surface area contributed by atoms with Gasteiger partial charge in [0, 0.05) is 31.7 Å². The third-order valence-corrected chi connectivity index (χ3v) is 7.15. The summed E-state index contributed by atoms with van der Waals surface area (Å²) in [5.41, 5.74) is 1.29. The number of amides is 1. The molecule has 2 aromatic rings. The van der Waals surface area contributed by atoms with Gasteiger partial charge in [-0.15, -0.1) is 0 Å². The Balaban J connectivity index is 1.64. The second-order valence-corrected chi connectivity index (χ2v) is 9.89. The maximum Gasteiger partial charge on any atom is 0.295 e. The van der Waals surface area contributed by atoms with Crippen molar-refractivity contribution in [2.75, 3.05) is 52.6 Å². The first-order valence-corrected chi connectivity index (χ1v) is 14.1. The number of rotatable bonds is 13. The molecule has 210 valence electrons. The first-order chi connectivity index (χ1) is 19.0. The lowest BCUT2D eigenvalue weighted by Gasteiger charge is -2.29. The van der Waals surface area contributed by atoms with Crippen molar-refractivity contribution < 1.29 is 28.9 Å². The Hall–Kier alpha value is -3.36. The molecule has 8 nitrogen and oxygen atoms in total. The number of morpholine rings is 1. The molecule has 0 radical (unpaired) electrons. The first kappa shape index (κ1) is 28.6. The van der Waals surface area contributed by atoms with Crippen LogP contribution in [0.25, 0.3) is 5.76 Å². The van der Waals surface area contributed by atoms with Crippen LogP contribution < -0.4 is 9.47 Å². The van der Waals surface area contributed by atoms with Crippen LogP contribution in [0.3, 0.4) is 0 Å². The fourth-order valence-corrected chi connectivity index (χ4v) is 5.09. The Labute approximate surface area is 231 Å². The number of carbonyl (C=O) groups excluding carboxylic acids is 2. The number of Topliss-reactive ketones (excluding diaryl/α,β-unsaturated/α-hetero) is 1. The summed E-state index contributed by atoms with van der Waals surface area (Å²) in [5, 5.41) is 11.4. The summed E-state index contributed by atoms with van der Waals surface area (Å²) < 4.78 is 16.9. The van der Waals surface area contributed by atoms with E-state index < -0.39 is 17.7 Å². The van der Waals surface area contributed by atoms with Crippen molar-refractivity contribution in [1.82, 2.24) is 9.80 Å². The zero-order valence-electron chi connectivity index (χ0n) is 23.1. The van der Waals surface area contributed by atoms with Crippen LogP contribution in [-0.4, -0.2) is 79.2 Å². The van der Waals surface area contributed by atoms with Gasteiger partial charge in [-0.25, -0.2) is 0 Å². The fourth-order valence-electron chi connectivity index (χ4n) is 5.09. The highest BCUT2D eigenvalue weighted by atomic mass is 16.5. The minimum Gasteiger partial charge on any atom is -0.507 e. The van der Waals surface area contributed by atoms with Crippen molar-refractivity contribution in [3.05, 3.63) is 65.2 Å². The van der Waals surface area contributed by atoms with Gasteiger partial charge in [0.2, 0.25) is 0 Å². The molecular weight excluding hydrogens is 496 g/mol. The number of carbonyl (C=O) groups is 2. The summed E-state index contributed by atoms with van der Waals surface area (Å²) in [4.78, 5) is 30.6. The predicted octanol–water partition coefficient (Wildman–Crippen LogP) is 4.80. The summed E-state index contributed by atoms with van der Waals surface area (Å²) in [7, 11) is 0. The second kappa shape index (κ2) is 14.1. The molecule has 0 saturated carbocycles. The molecule has 8 heteroatoms. The van der Waals surface area contributed by atoms with E-state index in [9.17, 15) is 14.7 Å². The van der Waals surface area contributed by atoms with Gasteiger partial charge >= 0.3 is 0 Å². The first-order valence-electron chi connectivity index (χ1n) is 14.1. The van der Waals surface area contributed by atoms with Crippen LogP contribution in [0.2, 0.25) is 0 Å². The standard InChI is InChI=1S/C31H40N2O6/c1-3-5-6-19-39-26-10-7-9-24(22-26)28-27(29(34)23-11-13-25(14-12-23)38-4-2)30(35)31(36)33(28)16-8-15-32-17-20-37-21-18-32/h7,9-14,22,28,34H,3-6,8,15-21H2,1-2H3/b29-27+. The van der Waals surface area contributed by atoms with Crippen molar-refractivity contribution in [2.24, 2.45) is 0 Å². The normalized spacial score (nSPS) is 19.4. The maximum absolute atomic E-state index is 13.4. The van der Waals surface area contributed by atoms with E-state index in [4.69, 9.17) is 14.2 Å². The lowest BCUT2D eigenvalue weighted by molar-refractivity contribution is -0.140. The molecule has 1 unspecified atom stereocenters. The van der Waals surface area contributed by atoms with Gasteiger partial charge in [-0.05, 0) is 61.7 Å². The monoisotopic (exact) mass is 536 g/mol. The molecule has 2 aromatic carbocycles. The lowest BCUT2D eigenvalue weighted by Crippen LogP contribution is -2.38. The number of likely N-dealkylation sites (tertiary alicyclic amines) is 1. The number of aliphatic hydroxyl groups excluding tert-OH is 1. The minimum atomic E-state index is -0.708. The van der Waals surface area contributed by atoms with Crippen molar-refractivity contribution in [3.8, 4) is 11.5 Å². The average Bonchev–Trinajstić information content (AvgIpc) is 3.21. The number of hydrogen-bond acceptors (Lipinski definition) is 7. The highest BCUT2D eigenvalue weighted by Crippen LogP contribution is 2.40. The summed E-state index contributed by atoms with van der Waals surface area (Å²) in [6.45, 7) is 9.50. The fraction of sp³-hybridized carbons (Fsp3) is 0.484. The van der Waals surface area contributed by atoms with E-state index in [1.54, 1.807) is 29.2 Å². The lowest BCUT2D eigenvalue weighted by atomic mass is 9.95. The van der Waals surface area contributed by atoms with Gasteiger partial charge in [0.1, 0.15) is 17.3 Å². The Morgan fingerprint density at radius 3 is 2.44 bits per heavy atom. The molecule has 39 heavy (non-hydrogen) atoms. The Kier molecular flexibility index (Phi) is 10.4. The Bertz CT molecular complexity index is 1140. The van der Waals surface area contributed by atoms with Gasteiger partial charge < -0.3 is 24.2 Å². The molecule has 4 rings (SSSR count). The van der Waals surface area contributed by atoms with Crippen LogP contribution in [0.1, 0.15) is 56.7 Å². The molecule has 2 saturated heterocycles. The molecule has 1 N–H and O–H groups in total. The smallest absolute Gasteiger partial charge is 0.295 e. The van der Waals surface area contributed by atoms with Crippen molar-refractivity contribution in [3.63, 3.8) is 0 Å². The van der Waals surface area contributed by atoms with E-state index in [0.29, 0.717) is 56.5 Å². The summed E-state index contributed by atoms with van der Waals surface area (Å²) >= 11 is 0. The van der Waals surface area contributed by atoms with Crippen LogP contribution in [0, 0.1) is 0 Å². The minimum absolute atomic E-state index is 0.0960. The quantitative estimate of drug-likeness (QED) is 0.170. The molecule has 1 atom stereocenters. The number of aliphatic hydroxyl groups is 1. The van der Waals surface area contributed by atoms with Crippen molar-refractivity contribution >= 4 is 17.4 Å². The van der Waals surface area contributed by atoms with Crippen molar-refractivity contribution in [2.45, 2.75) is 45.6 Å². The number of benzene rings is 2. The van der Waals surface area contributed by atoms with Gasteiger partial charge in [0.15, 0.2) is 0 Å². The van der Waals surface area contributed by atoms with Crippen molar-refractivity contribution in [1.29, 1.82) is 0 Å². The topological polar surface area (TPSA) is 88.5 Å². The summed E-state index contributed by atoms with van der Waals surface area (Å²) in [5.74, 6) is -0.104. The van der Waals surface area contributed by atoms with Crippen LogP contribution in [-0.2, 0) is 14.3 Å². The van der Waals surface area contributed by atoms with Gasteiger partial charge in [-0.3, -0.25) is 14.5 Å². The molecule has 0 spiro atoms. The number of ketones is 1. The van der Waals surface area contributed by atoms with Gasteiger partial charge in [-0.2, -0.15) is 0 Å². The van der Waals surface area contributed by atoms with Crippen LogP contribution in [0.15, 0.2) is 54.1 Å². The molecule has 2 aliphatic heterocycles. The van der Waals surface area contributed by atoms with E-state index in [2.05, 4.69) is 11.8 Å². The molecular formula is C31H40N2O6. The number of ether oxygens (including phenoxy) is 3. The molecule has 0 aliphatic carbocycles. The van der Waals surface area contributed by atoms with E-state index in [0.717, 1.165) is 44.5 Å². The molecule has 0 aromatic heterocycles. The molecule has 0 bridgehead atoms. The number of hydrogen-bond donors (Lipinski definition) is 1. The highest BCUT2D eigenvalue weighted by molar-refractivity contribution is 6.46. The van der Waals surface area contributed by atoms with E-state index in [1.807, 2.05) is 31.2 Å². The summed E-state index contributed by atoms with van der Waals surface area (Å²) in [6, 6.07) is 13.7. The van der Waals surface area contributed by atoms with Crippen LogP contribution >= 0.6 is 0 Å². The van der Waals surface area contributed by atoms with E-state index in [-0.39, 0.29) is 11.3 Å². The van der Waals surface area contributed by atoms with E-state index >= 15 is 0 Å². The third kappa shape index (κ3) is 7.19.